The van der Waals surface area contributed by atoms with E-state index in [4.69, 9.17) is 0 Å². The maximum atomic E-state index is 12.1. The van der Waals surface area contributed by atoms with Crippen LogP contribution in [0.1, 0.15) is 77.5 Å². The molecule has 0 bridgehead atoms. The molecule has 2 heterocycles. The van der Waals surface area contributed by atoms with Gasteiger partial charge in [-0.25, -0.2) is 0 Å². The van der Waals surface area contributed by atoms with Gasteiger partial charge in [-0.2, -0.15) is 13.2 Å². The van der Waals surface area contributed by atoms with Gasteiger partial charge in [0.2, 0.25) is 0 Å². The summed E-state index contributed by atoms with van der Waals surface area (Å²) in [6.07, 6.45) is 4.92. The molecule has 0 saturated carbocycles. The predicted molar refractivity (Wildman–Crippen MR) is 142 cm³/mol. The molecule has 0 spiro atoms. The zero-order valence-electron chi connectivity index (χ0n) is 22.0. The Balaban J connectivity index is 0.000000303. The number of nitrogens with one attached hydrogen (secondary N) is 2. The minimum absolute atomic E-state index is 0.260. The molecule has 2 aliphatic heterocycles. The van der Waals surface area contributed by atoms with Crippen LogP contribution in [0.2, 0.25) is 0 Å². The quantitative estimate of drug-likeness (QED) is 0.457. The average Bonchev–Trinajstić information content (AvgIpc) is 2.78. The van der Waals surface area contributed by atoms with E-state index >= 15 is 0 Å². The topological polar surface area (TPSA) is 24.1 Å². The highest BCUT2D eigenvalue weighted by molar-refractivity contribution is 5.68. The zero-order valence-corrected chi connectivity index (χ0v) is 22.0. The lowest BCUT2D eigenvalue weighted by Gasteiger charge is -2.25. The SMILES string of the molecule is CC/C=C(/C)c1ccc(/C=C/C(F)(F)F)cc1C.CC1=CC2=C(CCNC2)NC1.CCC(C)C. The van der Waals surface area contributed by atoms with Crippen LogP contribution >= 0.6 is 0 Å². The van der Waals surface area contributed by atoms with Crippen LogP contribution in [-0.4, -0.2) is 25.8 Å². The Bertz CT molecular complexity index is 887. The van der Waals surface area contributed by atoms with E-state index in [2.05, 4.69) is 57.4 Å². The summed E-state index contributed by atoms with van der Waals surface area (Å²) in [5.74, 6) is 0.884. The standard InChI is InChI=1S/C15H17F3.C9H14N2.C5H12/c1-4-5-11(2)14-7-6-13(10-12(14)3)8-9-15(16,17)18;1-7-4-8-6-10-3-2-9(8)11-5-7;1-4-5(2)3/h5-10H,4H2,1-3H3;4,10-11H,2-3,5-6H2,1H3;5H,4H2,1-3H3/b9-8+,11-5-;;. The zero-order chi connectivity index (χ0) is 25.7. The van der Waals surface area contributed by atoms with Gasteiger partial charge in [0.15, 0.2) is 0 Å². The number of aryl methyl sites for hydroxylation is 1. The van der Waals surface area contributed by atoms with Gasteiger partial charge >= 0.3 is 6.18 Å². The minimum Gasteiger partial charge on any atom is -0.384 e. The van der Waals surface area contributed by atoms with Crippen molar-refractivity contribution in [2.75, 3.05) is 19.6 Å². The van der Waals surface area contributed by atoms with Crippen LogP contribution in [0.15, 0.2) is 53.3 Å². The van der Waals surface area contributed by atoms with E-state index in [0.717, 1.165) is 54.7 Å². The van der Waals surface area contributed by atoms with E-state index in [1.165, 1.54) is 29.7 Å². The van der Waals surface area contributed by atoms with E-state index in [0.29, 0.717) is 5.56 Å². The monoisotopic (exact) mass is 476 g/mol. The second-order valence-corrected chi connectivity index (χ2v) is 9.32. The van der Waals surface area contributed by atoms with Gasteiger partial charge < -0.3 is 10.6 Å². The van der Waals surface area contributed by atoms with E-state index in [-0.39, 0.29) is 6.08 Å². The molecule has 0 unspecified atom stereocenters. The van der Waals surface area contributed by atoms with E-state index in [9.17, 15) is 13.2 Å². The molecule has 0 amide bonds. The van der Waals surface area contributed by atoms with Gasteiger partial charge in [-0.1, -0.05) is 76.1 Å². The van der Waals surface area contributed by atoms with Crippen molar-refractivity contribution >= 4 is 11.6 Å². The molecule has 0 aromatic heterocycles. The number of hydrogen-bond acceptors (Lipinski definition) is 2. The van der Waals surface area contributed by atoms with Gasteiger partial charge in [-0.3, -0.25) is 0 Å². The van der Waals surface area contributed by atoms with Crippen LogP contribution in [-0.2, 0) is 0 Å². The second-order valence-electron chi connectivity index (χ2n) is 9.32. The van der Waals surface area contributed by atoms with Gasteiger partial charge in [0, 0.05) is 31.4 Å². The maximum Gasteiger partial charge on any atom is 0.409 e. The second kappa shape index (κ2) is 14.9. The molecule has 1 aromatic rings. The number of dihydropyridines is 1. The number of allylic oxidation sites excluding steroid dienone is 3. The molecule has 0 aliphatic carbocycles. The summed E-state index contributed by atoms with van der Waals surface area (Å²) in [4.78, 5) is 0. The van der Waals surface area contributed by atoms with E-state index < -0.39 is 6.18 Å². The highest BCUT2D eigenvalue weighted by atomic mass is 19.4. The molecular formula is C29H43F3N2. The van der Waals surface area contributed by atoms with Crippen molar-refractivity contribution in [3.8, 4) is 0 Å². The summed E-state index contributed by atoms with van der Waals surface area (Å²) in [5.41, 5.74) is 8.14. The molecular weight excluding hydrogens is 433 g/mol. The fraction of sp³-hybridized carbons (Fsp3) is 0.517. The molecule has 3 rings (SSSR count). The molecule has 5 heteroatoms. The van der Waals surface area contributed by atoms with Crippen LogP contribution < -0.4 is 10.6 Å². The first kappa shape index (κ1) is 29.8. The molecule has 0 saturated heterocycles. The van der Waals surface area contributed by atoms with Gasteiger partial charge in [0.25, 0.3) is 0 Å². The van der Waals surface area contributed by atoms with Crippen LogP contribution in [0.4, 0.5) is 13.2 Å². The maximum absolute atomic E-state index is 12.1. The highest BCUT2D eigenvalue weighted by Gasteiger charge is 2.21. The number of alkyl halides is 3. The molecule has 2 N–H and O–H groups in total. The Kier molecular flexibility index (Phi) is 13.0. The third kappa shape index (κ3) is 11.7. The lowest BCUT2D eigenvalue weighted by Crippen LogP contribution is -2.33. The first-order valence-corrected chi connectivity index (χ1v) is 12.3. The van der Waals surface area contributed by atoms with Crippen molar-refractivity contribution < 1.29 is 13.2 Å². The number of benzene rings is 1. The number of rotatable bonds is 4. The minimum atomic E-state index is -4.26. The Morgan fingerprint density at radius 3 is 2.35 bits per heavy atom. The van der Waals surface area contributed by atoms with Gasteiger partial charge in [-0.05, 0) is 67.4 Å². The molecule has 34 heavy (non-hydrogen) atoms. The van der Waals surface area contributed by atoms with Crippen molar-refractivity contribution in [2.24, 2.45) is 5.92 Å². The van der Waals surface area contributed by atoms with Crippen molar-refractivity contribution in [1.82, 2.24) is 10.6 Å². The third-order valence-corrected chi connectivity index (χ3v) is 5.72. The lowest BCUT2D eigenvalue weighted by molar-refractivity contribution is -0.0790. The molecule has 2 nitrogen and oxygen atoms in total. The fourth-order valence-corrected chi connectivity index (χ4v) is 3.48. The normalized spacial score (nSPS) is 16.2. The summed E-state index contributed by atoms with van der Waals surface area (Å²) in [6.45, 7) is 18.0. The van der Waals surface area contributed by atoms with Crippen molar-refractivity contribution in [1.29, 1.82) is 0 Å². The average molecular weight is 477 g/mol. The summed E-state index contributed by atoms with van der Waals surface area (Å²) in [5, 5.41) is 6.80. The Morgan fingerprint density at radius 2 is 1.79 bits per heavy atom. The smallest absolute Gasteiger partial charge is 0.384 e. The van der Waals surface area contributed by atoms with Crippen LogP contribution in [0.25, 0.3) is 11.6 Å². The Labute approximate surface area is 205 Å². The highest BCUT2D eigenvalue weighted by Crippen LogP contribution is 2.23. The van der Waals surface area contributed by atoms with Gasteiger partial charge in [0.05, 0.1) is 0 Å². The first-order chi connectivity index (χ1) is 16.0. The largest absolute Gasteiger partial charge is 0.409 e. The fourth-order valence-electron chi connectivity index (χ4n) is 3.48. The van der Waals surface area contributed by atoms with Crippen molar-refractivity contribution in [3.05, 3.63) is 70.0 Å². The summed E-state index contributed by atoms with van der Waals surface area (Å²) < 4.78 is 36.2. The van der Waals surface area contributed by atoms with Crippen molar-refractivity contribution in [2.45, 2.75) is 73.9 Å². The van der Waals surface area contributed by atoms with Crippen LogP contribution in [0.3, 0.4) is 0 Å². The van der Waals surface area contributed by atoms with Crippen LogP contribution in [0.5, 0.6) is 0 Å². The molecule has 1 aromatic carbocycles. The third-order valence-electron chi connectivity index (χ3n) is 5.72. The molecule has 0 atom stereocenters. The first-order valence-electron chi connectivity index (χ1n) is 12.3. The molecule has 2 aliphatic rings. The van der Waals surface area contributed by atoms with E-state index in [1.54, 1.807) is 12.1 Å². The lowest BCUT2D eigenvalue weighted by atomic mass is 9.98. The number of hydrogen-bond donors (Lipinski definition) is 2. The van der Waals surface area contributed by atoms with Crippen molar-refractivity contribution in [3.63, 3.8) is 0 Å². The Hall–Kier alpha value is -2.27. The summed E-state index contributed by atoms with van der Waals surface area (Å²) >= 11 is 0. The Morgan fingerprint density at radius 1 is 1.12 bits per heavy atom. The summed E-state index contributed by atoms with van der Waals surface area (Å²) in [6, 6.07) is 5.34. The molecule has 0 radical (unpaired) electrons. The van der Waals surface area contributed by atoms with E-state index in [1.807, 2.05) is 19.9 Å². The van der Waals surface area contributed by atoms with Gasteiger partial charge in [-0.15, -0.1) is 0 Å². The molecule has 0 fully saturated rings. The van der Waals surface area contributed by atoms with Gasteiger partial charge in [0.1, 0.15) is 0 Å². The summed E-state index contributed by atoms with van der Waals surface area (Å²) in [7, 11) is 0. The predicted octanol–water partition coefficient (Wildman–Crippen LogP) is 8.22. The number of halogens is 3. The molecule has 190 valence electrons. The van der Waals surface area contributed by atoms with Crippen LogP contribution in [0, 0.1) is 12.8 Å².